The molecule has 0 aliphatic rings. The summed E-state index contributed by atoms with van der Waals surface area (Å²) in [5.41, 5.74) is 2.47. The van der Waals surface area contributed by atoms with Crippen LogP contribution in [0.2, 0.25) is 0 Å². The highest BCUT2D eigenvalue weighted by atomic mass is 32.1. The third-order valence-electron chi connectivity index (χ3n) is 4.17. The molecule has 4 rings (SSSR count). The second-order valence-corrected chi connectivity index (χ2v) is 7.30. The van der Waals surface area contributed by atoms with Gasteiger partial charge >= 0.3 is 5.97 Å². The van der Waals surface area contributed by atoms with Gasteiger partial charge in [-0.3, -0.25) is 0 Å². The maximum atomic E-state index is 12.3. The first kappa shape index (κ1) is 18.2. The first-order valence-electron chi connectivity index (χ1n) is 9.14. The van der Waals surface area contributed by atoms with Gasteiger partial charge in [-0.25, -0.2) is 9.78 Å². The lowest BCUT2D eigenvalue weighted by molar-refractivity contribution is 0.0734. The minimum atomic E-state index is -0.394. The van der Waals surface area contributed by atoms with Gasteiger partial charge in [0.15, 0.2) is 0 Å². The number of ether oxygens (including phenoxy) is 2. The number of benzene rings is 3. The number of rotatable bonds is 6. The predicted molar refractivity (Wildman–Crippen MR) is 112 cm³/mol. The van der Waals surface area contributed by atoms with Crippen LogP contribution < -0.4 is 9.47 Å². The molecule has 3 aromatic carbocycles. The van der Waals surface area contributed by atoms with Crippen molar-refractivity contribution >= 4 is 27.5 Å². The molecule has 0 bridgehead atoms. The van der Waals surface area contributed by atoms with Crippen molar-refractivity contribution in [3.63, 3.8) is 0 Å². The van der Waals surface area contributed by atoms with E-state index in [1.807, 2.05) is 37.3 Å². The van der Waals surface area contributed by atoms with E-state index in [4.69, 9.17) is 9.47 Å². The fourth-order valence-electron chi connectivity index (χ4n) is 2.73. The number of thiazole rings is 1. The zero-order chi connectivity index (χ0) is 19.3. The summed E-state index contributed by atoms with van der Waals surface area (Å²) in [5.74, 6) is 0.856. The second-order valence-electron chi connectivity index (χ2n) is 6.27. The van der Waals surface area contributed by atoms with Gasteiger partial charge in [0.2, 0.25) is 0 Å². The number of esters is 1. The van der Waals surface area contributed by atoms with Gasteiger partial charge in [0.25, 0.3) is 0 Å². The van der Waals surface area contributed by atoms with E-state index in [1.165, 1.54) is 0 Å². The Labute approximate surface area is 167 Å². The summed E-state index contributed by atoms with van der Waals surface area (Å²) >= 11 is 1.64. The van der Waals surface area contributed by atoms with Gasteiger partial charge in [-0.15, -0.1) is 11.3 Å². The number of para-hydroxylation sites is 1. The zero-order valence-corrected chi connectivity index (χ0v) is 16.2. The van der Waals surface area contributed by atoms with Crippen molar-refractivity contribution in [3.05, 3.63) is 78.4 Å². The molecule has 4 nitrogen and oxygen atoms in total. The summed E-state index contributed by atoms with van der Waals surface area (Å²) in [7, 11) is 0. The van der Waals surface area contributed by atoms with Crippen molar-refractivity contribution in [3.8, 4) is 22.1 Å². The number of hydrogen-bond donors (Lipinski definition) is 0. The minimum absolute atomic E-state index is 0.394. The van der Waals surface area contributed by atoms with Gasteiger partial charge in [0.05, 0.1) is 22.4 Å². The molecule has 0 atom stereocenters. The monoisotopic (exact) mass is 389 g/mol. The van der Waals surface area contributed by atoms with Crippen LogP contribution in [0.1, 0.15) is 23.7 Å². The highest BCUT2D eigenvalue weighted by molar-refractivity contribution is 7.21. The average Bonchev–Trinajstić information content (AvgIpc) is 3.17. The average molecular weight is 389 g/mol. The molecule has 0 radical (unpaired) electrons. The Morgan fingerprint density at radius 3 is 2.36 bits per heavy atom. The molecule has 140 valence electrons. The molecule has 4 aromatic rings. The van der Waals surface area contributed by atoms with E-state index in [0.29, 0.717) is 17.9 Å². The van der Waals surface area contributed by atoms with Gasteiger partial charge < -0.3 is 9.47 Å². The Hall–Kier alpha value is -3.18. The summed E-state index contributed by atoms with van der Waals surface area (Å²) < 4.78 is 12.2. The van der Waals surface area contributed by atoms with Gasteiger partial charge in [-0.1, -0.05) is 19.1 Å². The molecule has 0 N–H and O–H groups in total. The number of carbonyl (C=O) groups excluding carboxylic acids is 1. The van der Waals surface area contributed by atoms with Crippen LogP contribution in [0, 0.1) is 0 Å². The molecule has 0 aliphatic heterocycles. The molecule has 28 heavy (non-hydrogen) atoms. The van der Waals surface area contributed by atoms with E-state index in [9.17, 15) is 4.79 Å². The number of aromatic nitrogens is 1. The van der Waals surface area contributed by atoms with E-state index in [2.05, 4.69) is 11.1 Å². The number of hydrogen-bond acceptors (Lipinski definition) is 5. The van der Waals surface area contributed by atoms with Gasteiger partial charge in [0.1, 0.15) is 16.5 Å². The van der Waals surface area contributed by atoms with Crippen LogP contribution in [-0.4, -0.2) is 17.6 Å². The second kappa shape index (κ2) is 8.23. The molecule has 1 aromatic heterocycles. The van der Waals surface area contributed by atoms with E-state index in [1.54, 1.807) is 47.7 Å². The highest BCUT2D eigenvalue weighted by Crippen LogP contribution is 2.31. The minimum Gasteiger partial charge on any atom is -0.494 e. The molecule has 1 heterocycles. The molecule has 0 aliphatic carbocycles. The molecular formula is C23H19NO3S. The standard InChI is InChI=1S/C23H19NO3S/c1-2-15-26-18-11-9-17(10-12-18)23(25)27-19-13-7-16(8-14-19)22-24-20-5-3-4-6-21(20)28-22/h3-14H,2,15H2,1H3. The first-order valence-corrected chi connectivity index (χ1v) is 9.95. The van der Waals surface area contributed by atoms with Gasteiger partial charge in [0, 0.05) is 5.56 Å². The molecule has 5 heteroatoms. The maximum absolute atomic E-state index is 12.3. The lowest BCUT2D eigenvalue weighted by Crippen LogP contribution is -2.08. The van der Waals surface area contributed by atoms with Crippen LogP contribution in [0.15, 0.2) is 72.8 Å². The zero-order valence-electron chi connectivity index (χ0n) is 15.4. The van der Waals surface area contributed by atoms with Crippen LogP contribution in [0.25, 0.3) is 20.8 Å². The molecule has 0 amide bonds. The van der Waals surface area contributed by atoms with Crippen LogP contribution in [-0.2, 0) is 0 Å². The quantitative estimate of drug-likeness (QED) is 0.301. The van der Waals surface area contributed by atoms with E-state index >= 15 is 0 Å². The van der Waals surface area contributed by atoms with Crippen LogP contribution in [0.5, 0.6) is 11.5 Å². The Morgan fingerprint density at radius 1 is 0.929 bits per heavy atom. The number of nitrogens with zero attached hydrogens (tertiary/aromatic N) is 1. The fraction of sp³-hybridized carbons (Fsp3) is 0.130. The van der Waals surface area contributed by atoms with Crippen molar-refractivity contribution in [2.75, 3.05) is 6.61 Å². The number of carbonyl (C=O) groups is 1. The van der Waals surface area contributed by atoms with E-state index < -0.39 is 5.97 Å². The molecule has 0 saturated heterocycles. The molecule has 0 spiro atoms. The van der Waals surface area contributed by atoms with Crippen molar-refractivity contribution in [1.29, 1.82) is 0 Å². The SMILES string of the molecule is CCCOc1ccc(C(=O)Oc2ccc(-c3nc4ccccc4s3)cc2)cc1. The molecule has 0 fully saturated rings. The summed E-state index contributed by atoms with van der Waals surface area (Å²) in [5, 5.41) is 0.946. The summed E-state index contributed by atoms with van der Waals surface area (Å²) in [6, 6.07) is 22.5. The summed E-state index contributed by atoms with van der Waals surface area (Å²) in [4.78, 5) is 17.0. The third kappa shape index (κ3) is 4.05. The van der Waals surface area contributed by atoms with Crippen molar-refractivity contribution in [2.45, 2.75) is 13.3 Å². The molecular weight excluding hydrogens is 370 g/mol. The summed E-state index contributed by atoms with van der Waals surface area (Å²) in [6.45, 7) is 2.71. The van der Waals surface area contributed by atoms with Crippen LogP contribution in [0.4, 0.5) is 0 Å². The van der Waals surface area contributed by atoms with Crippen LogP contribution >= 0.6 is 11.3 Å². The lowest BCUT2D eigenvalue weighted by atomic mass is 10.2. The molecule has 0 saturated carbocycles. The van der Waals surface area contributed by atoms with Gasteiger partial charge in [-0.05, 0) is 67.1 Å². The maximum Gasteiger partial charge on any atom is 0.343 e. The Balaban J connectivity index is 1.44. The van der Waals surface area contributed by atoms with E-state index in [-0.39, 0.29) is 0 Å². The highest BCUT2D eigenvalue weighted by Gasteiger charge is 2.10. The van der Waals surface area contributed by atoms with E-state index in [0.717, 1.165) is 33.0 Å². The lowest BCUT2D eigenvalue weighted by Gasteiger charge is -2.07. The van der Waals surface area contributed by atoms with Gasteiger partial charge in [-0.2, -0.15) is 0 Å². The van der Waals surface area contributed by atoms with Crippen molar-refractivity contribution in [1.82, 2.24) is 4.98 Å². The first-order chi connectivity index (χ1) is 13.7. The smallest absolute Gasteiger partial charge is 0.343 e. The third-order valence-corrected chi connectivity index (χ3v) is 5.25. The predicted octanol–water partition coefficient (Wildman–Crippen LogP) is 5.97. The van der Waals surface area contributed by atoms with Crippen molar-refractivity contribution in [2.24, 2.45) is 0 Å². The number of fused-ring (bicyclic) bond motifs is 1. The normalized spacial score (nSPS) is 10.8. The Morgan fingerprint density at radius 2 is 1.64 bits per heavy atom. The topological polar surface area (TPSA) is 48.4 Å². The Bertz CT molecular complexity index is 1050. The fourth-order valence-corrected chi connectivity index (χ4v) is 3.71. The molecule has 0 unspecified atom stereocenters. The summed E-state index contributed by atoms with van der Waals surface area (Å²) in [6.07, 6.45) is 0.941. The van der Waals surface area contributed by atoms with Crippen molar-refractivity contribution < 1.29 is 14.3 Å². The largest absolute Gasteiger partial charge is 0.494 e. The van der Waals surface area contributed by atoms with Crippen LogP contribution in [0.3, 0.4) is 0 Å². The Kier molecular flexibility index (Phi) is 5.35.